The van der Waals surface area contributed by atoms with Gasteiger partial charge in [-0.25, -0.2) is 4.79 Å². The third kappa shape index (κ3) is 9.07. The Hall–Kier alpha value is -5.44. The van der Waals surface area contributed by atoms with Crippen LogP contribution < -0.4 is 29.7 Å². The summed E-state index contributed by atoms with van der Waals surface area (Å²) in [5, 5.41) is 3.46. The molecule has 1 fully saturated rings. The molecule has 1 aliphatic carbocycles. The average molecular weight is 706 g/mol. The molecule has 0 aliphatic heterocycles. The van der Waals surface area contributed by atoms with Crippen LogP contribution in [0.1, 0.15) is 63.1 Å². The smallest absolute Gasteiger partial charge is 0.407 e. The Kier molecular flexibility index (Phi) is 11.4. The molecule has 1 heterocycles. The molecule has 0 saturated heterocycles. The Bertz CT molecular complexity index is 2000. The maximum atomic E-state index is 14.2. The van der Waals surface area contributed by atoms with Crippen molar-refractivity contribution >= 4 is 17.1 Å². The van der Waals surface area contributed by atoms with E-state index >= 15 is 0 Å². The Morgan fingerprint density at radius 1 is 0.750 bits per heavy atom. The van der Waals surface area contributed by atoms with E-state index in [0.29, 0.717) is 46.3 Å². The standard InChI is InChI=1S/C43H47NO8/c1-43(2,3)52-42(46)44-33-19-16-28(17-20-33)22-31-18-21-34-35(23-31)51-39(41(38(34)45)50-27-30-14-10-7-11-15-30)32-24-36(47-4)40(37(25-32)48-5)49-26-29-12-8-6-9-13-29/h6-15,18,21,23-25,28,33H,16-17,19-20,22,26-27H2,1-5H3,(H,44,46). The summed E-state index contributed by atoms with van der Waals surface area (Å²) in [7, 11) is 3.12. The van der Waals surface area contributed by atoms with Crippen molar-refractivity contribution in [3.63, 3.8) is 0 Å². The van der Waals surface area contributed by atoms with E-state index in [1.807, 2.05) is 99.6 Å². The molecule has 9 nitrogen and oxygen atoms in total. The lowest BCUT2D eigenvalue weighted by molar-refractivity contribution is 0.0487. The second-order valence-electron chi connectivity index (χ2n) is 14.2. The lowest BCUT2D eigenvalue weighted by atomic mass is 9.82. The maximum absolute atomic E-state index is 14.2. The Labute approximate surface area is 304 Å². The van der Waals surface area contributed by atoms with Crippen molar-refractivity contribution < 1.29 is 32.9 Å². The molecule has 1 aromatic heterocycles. The maximum Gasteiger partial charge on any atom is 0.407 e. The molecule has 1 aliphatic rings. The van der Waals surface area contributed by atoms with Crippen molar-refractivity contribution in [3.05, 3.63) is 118 Å². The first-order chi connectivity index (χ1) is 25.1. The minimum Gasteiger partial charge on any atom is -0.493 e. The van der Waals surface area contributed by atoms with Gasteiger partial charge in [0.05, 0.1) is 19.6 Å². The molecule has 4 aromatic carbocycles. The summed E-state index contributed by atoms with van der Waals surface area (Å²) in [5.41, 5.74) is 3.20. The zero-order valence-corrected chi connectivity index (χ0v) is 30.5. The number of carbonyl (C=O) groups is 1. The number of nitrogens with one attached hydrogen (secondary N) is 1. The average Bonchev–Trinajstić information content (AvgIpc) is 3.14. The molecule has 0 spiro atoms. The minimum atomic E-state index is -0.528. The normalized spacial score (nSPS) is 15.9. The molecule has 0 radical (unpaired) electrons. The molecule has 1 N–H and O–H groups in total. The van der Waals surface area contributed by atoms with Crippen LogP contribution in [0.15, 0.2) is 100 Å². The van der Waals surface area contributed by atoms with Crippen LogP contribution in [0.25, 0.3) is 22.3 Å². The highest BCUT2D eigenvalue weighted by atomic mass is 16.6. The third-order valence-corrected chi connectivity index (χ3v) is 9.18. The van der Waals surface area contributed by atoms with Gasteiger partial charge in [0.15, 0.2) is 17.3 Å². The molecule has 52 heavy (non-hydrogen) atoms. The van der Waals surface area contributed by atoms with Gasteiger partial charge in [-0.3, -0.25) is 4.79 Å². The van der Waals surface area contributed by atoms with Gasteiger partial charge in [0.25, 0.3) is 0 Å². The number of ether oxygens (including phenoxy) is 5. The molecule has 1 amide bonds. The summed E-state index contributed by atoms with van der Waals surface area (Å²) in [6.45, 7) is 6.09. The van der Waals surface area contributed by atoms with Gasteiger partial charge in [0.1, 0.15) is 24.4 Å². The van der Waals surface area contributed by atoms with Crippen molar-refractivity contribution in [2.75, 3.05) is 14.2 Å². The highest BCUT2D eigenvalue weighted by molar-refractivity contribution is 5.83. The number of rotatable bonds is 12. The highest BCUT2D eigenvalue weighted by Crippen LogP contribution is 2.44. The first kappa shape index (κ1) is 36.4. The molecule has 0 unspecified atom stereocenters. The summed E-state index contributed by atoms with van der Waals surface area (Å²) < 4.78 is 36.1. The second-order valence-corrected chi connectivity index (χ2v) is 14.2. The number of benzene rings is 4. The Morgan fingerprint density at radius 2 is 1.33 bits per heavy atom. The van der Waals surface area contributed by atoms with Gasteiger partial charge in [0.2, 0.25) is 16.9 Å². The number of methoxy groups -OCH3 is 2. The van der Waals surface area contributed by atoms with Gasteiger partial charge >= 0.3 is 6.09 Å². The first-order valence-electron chi connectivity index (χ1n) is 17.8. The van der Waals surface area contributed by atoms with E-state index in [9.17, 15) is 9.59 Å². The number of hydrogen-bond acceptors (Lipinski definition) is 8. The van der Waals surface area contributed by atoms with E-state index in [2.05, 4.69) is 5.32 Å². The van der Waals surface area contributed by atoms with E-state index in [4.69, 9.17) is 28.1 Å². The van der Waals surface area contributed by atoms with Crippen LogP contribution in [0.2, 0.25) is 0 Å². The van der Waals surface area contributed by atoms with Crippen LogP contribution >= 0.6 is 0 Å². The summed E-state index contributed by atoms with van der Waals surface area (Å²) in [4.78, 5) is 26.5. The van der Waals surface area contributed by atoms with E-state index in [0.717, 1.165) is 48.8 Å². The van der Waals surface area contributed by atoms with Gasteiger partial charge in [0, 0.05) is 11.6 Å². The zero-order valence-electron chi connectivity index (χ0n) is 30.5. The number of amides is 1. The SMILES string of the molecule is COc1cc(-c2oc3cc(CC4CCC(NC(=O)OC(C)(C)C)CC4)ccc3c(=O)c2OCc2ccccc2)cc(OC)c1OCc1ccccc1. The van der Waals surface area contributed by atoms with Crippen molar-refractivity contribution in [2.45, 2.75) is 77.7 Å². The molecular weight excluding hydrogens is 658 g/mol. The molecule has 1 saturated carbocycles. The third-order valence-electron chi connectivity index (χ3n) is 9.18. The fourth-order valence-corrected chi connectivity index (χ4v) is 6.60. The van der Waals surface area contributed by atoms with Crippen molar-refractivity contribution in [1.29, 1.82) is 0 Å². The van der Waals surface area contributed by atoms with Crippen LogP contribution in [0.3, 0.4) is 0 Å². The Balaban J connectivity index is 1.29. The first-order valence-corrected chi connectivity index (χ1v) is 17.8. The Morgan fingerprint density at radius 3 is 1.88 bits per heavy atom. The van der Waals surface area contributed by atoms with Gasteiger partial charge in [-0.05, 0) is 99.7 Å². The largest absolute Gasteiger partial charge is 0.493 e. The fraction of sp³-hybridized carbons (Fsp3) is 0.349. The quantitative estimate of drug-likeness (QED) is 0.137. The van der Waals surface area contributed by atoms with Crippen molar-refractivity contribution in [3.8, 4) is 34.3 Å². The van der Waals surface area contributed by atoms with Gasteiger partial charge in [-0.1, -0.05) is 66.7 Å². The number of fused-ring (bicyclic) bond motifs is 1. The fourth-order valence-electron chi connectivity index (χ4n) is 6.60. The summed E-state index contributed by atoms with van der Waals surface area (Å²) >= 11 is 0. The van der Waals surface area contributed by atoms with E-state index in [-0.39, 0.29) is 35.7 Å². The summed E-state index contributed by atoms with van der Waals surface area (Å²) in [6, 6.07) is 28.9. The topological polar surface area (TPSA) is 105 Å². The molecule has 9 heteroatoms. The molecular formula is C43H47NO8. The predicted octanol–water partition coefficient (Wildman–Crippen LogP) is 9.26. The van der Waals surface area contributed by atoms with Gasteiger partial charge in [-0.2, -0.15) is 0 Å². The zero-order chi connectivity index (χ0) is 36.7. The van der Waals surface area contributed by atoms with Crippen molar-refractivity contribution in [2.24, 2.45) is 5.92 Å². The molecule has 0 bridgehead atoms. The number of hydrogen-bond donors (Lipinski definition) is 1. The van der Waals surface area contributed by atoms with E-state index in [1.165, 1.54) is 0 Å². The van der Waals surface area contributed by atoms with Gasteiger partial charge < -0.3 is 33.4 Å². The lowest BCUT2D eigenvalue weighted by Gasteiger charge is -2.30. The molecule has 0 atom stereocenters. The second kappa shape index (κ2) is 16.3. The van der Waals surface area contributed by atoms with Crippen LogP contribution in [0.4, 0.5) is 4.79 Å². The predicted molar refractivity (Wildman–Crippen MR) is 201 cm³/mol. The van der Waals surface area contributed by atoms with E-state index < -0.39 is 5.60 Å². The minimum absolute atomic E-state index is 0.0988. The van der Waals surface area contributed by atoms with Crippen molar-refractivity contribution in [1.82, 2.24) is 5.32 Å². The highest BCUT2D eigenvalue weighted by Gasteiger charge is 2.26. The van der Waals surface area contributed by atoms with Crippen LogP contribution in [0, 0.1) is 5.92 Å². The monoisotopic (exact) mass is 705 g/mol. The number of alkyl carbamates (subject to hydrolysis) is 1. The lowest BCUT2D eigenvalue weighted by Crippen LogP contribution is -2.41. The van der Waals surface area contributed by atoms with Crippen LogP contribution in [0.5, 0.6) is 23.0 Å². The molecule has 6 rings (SSSR count). The molecule has 5 aromatic rings. The van der Waals surface area contributed by atoms with Crippen LogP contribution in [-0.4, -0.2) is 32.0 Å². The van der Waals surface area contributed by atoms with Crippen LogP contribution in [-0.2, 0) is 24.4 Å². The number of carbonyl (C=O) groups excluding carboxylic acids is 1. The summed E-state index contributed by atoms with van der Waals surface area (Å²) in [6.07, 6.45) is 4.17. The summed E-state index contributed by atoms with van der Waals surface area (Å²) in [5.74, 6) is 2.09. The molecule has 272 valence electrons. The van der Waals surface area contributed by atoms with Gasteiger partial charge in [-0.15, -0.1) is 0 Å². The van der Waals surface area contributed by atoms with E-state index in [1.54, 1.807) is 26.4 Å².